The number of benzene rings is 3. The van der Waals surface area contributed by atoms with Gasteiger partial charge in [-0.25, -0.2) is 4.39 Å². The Hall–Kier alpha value is -4.01. The molecule has 0 radical (unpaired) electrons. The minimum Gasteiger partial charge on any atom is -0.460 e. The molecule has 0 aliphatic carbocycles. The van der Waals surface area contributed by atoms with Gasteiger partial charge in [0.05, 0.1) is 23.5 Å². The van der Waals surface area contributed by atoms with E-state index in [1.807, 2.05) is 13.8 Å². The van der Waals surface area contributed by atoms with Crippen LogP contribution in [0.15, 0.2) is 66.7 Å². The van der Waals surface area contributed by atoms with Gasteiger partial charge in [0, 0.05) is 12.1 Å². The van der Waals surface area contributed by atoms with Crippen molar-refractivity contribution in [1.82, 2.24) is 5.32 Å². The van der Waals surface area contributed by atoms with Gasteiger partial charge in [0.2, 0.25) is 0 Å². The van der Waals surface area contributed by atoms with Gasteiger partial charge in [-0.3, -0.25) is 14.4 Å². The first kappa shape index (κ1) is 33.5. The van der Waals surface area contributed by atoms with Crippen LogP contribution in [0.25, 0.3) is 0 Å². The third-order valence-corrected chi connectivity index (χ3v) is 6.92. The van der Waals surface area contributed by atoms with Crippen molar-refractivity contribution in [2.45, 2.75) is 77.5 Å². The predicted molar refractivity (Wildman–Crippen MR) is 157 cm³/mol. The molecule has 0 bridgehead atoms. The maximum absolute atomic E-state index is 14.9. The Morgan fingerprint density at radius 3 is 2.05 bits per heavy atom. The molecule has 0 fully saturated rings. The van der Waals surface area contributed by atoms with Crippen molar-refractivity contribution in [3.8, 4) is 0 Å². The van der Waals surface area contributed by atoms with Crippen molar-refractivity contribution in [1.29, 1.82) is 0 Å². The van der Waals surface area contributed by atoms with Crippen LogP contribution in [0.2, 0.25) is 0 Å². The fraction of sp³-hybridized carbons (Fsp3) is 0.382. The Bertz CT molecular complexity index is 1420. The van der Waals surface area contributed by atoms with Crippen LogP contribution in [0.1, 0.15) is 102 Å². The van der Waals surface area contributed by atoms with Crippen LogP contribution in [-0.2, 0) is 15.7 Å². The fourth-order valence-corrected chi connectivity index (χ4v) is 4.89. The second-order valence-corrected chi connectivity index (χ2v) is 11.6. The van der Waals surface area contributed by atoms with E-state index in [4.69, 9.17) is 4.74 Å². The number of hydrogen-bond donors (Lipinski definition) is 1. The molecule has 1 amide bonds. The average molecular weight is 600 g/mol. The molecule has 0 saturated carbocycles. The third-order valence-electron chi connectivity index (χ3n) is 6.92. The van der Waals surface area contributed by atoms with Crippen LogP contribution in [0.5, 0.6) is 0 Å². The van der Waals surface area contributed by atoms with E-state index in [1.165, 1.54) is 0 Å². The summed E-state index contributed by atoms with van der Waals surface area (Å²) < 4.78 is 60.6. The first-order valence-corrected chi connectivity index (χ1v) is 14.2. The number of alkyl halides is 3. The molecular weight excluding hydrogens is 562 g/mol. The van der Waals surface area contributed by atoms with Crippen molar-refractivity contribution in [2.75, 3.05) is 6.54 Å². The van der Waals surface area contributed by atoms with Crippen LogP contribution in [0.4, 0.5) is 17.6 Å². The molecule has 0 aromatic heterocycles. The summed E-state index contributed by atoms with van der Waals surface area (Å²) in [6.07, 6.45) is -3.62. The largest absolute Gasteiger partial charge is 0.460 e. The van der Waals surface area contributed by atoms with Gasteiger partial charge < -0.3 is 10.1 Å². The van der Waals surface area contributed by atoms with Gasteiger partial charge in [-0.2, -0.15) is 13.2 Å². The maximum atomic E-state index is 14.9. The lowest BCUT2D eigenvalue weighted by atomic mass is 9.74. The number of esters is 1. The van der Waals surface area contributed by atoms with Crippen molar-refractivity contribution in [3.63, 3.8) is 0 Å². The highest BCUT2D eigenvalue weighted by atomic mass is 19.4. The molecule has 43 heavy (non-hydrogen) atoms. The minimum absolute atomic E-state index is 0.00606. The fourth-order valence-electron chi connectivity index (χ4n) is 4.89. The first-order chi connectivity index (χ1) is 20.1. The highest BCUT2D eigenvalue weighted by Crippen LogP contribution is 2.40. The van der Waals surface area contributed by atoms with Crippen molar-refractivity contribution in [3.05, 3.63) is 106 Å². The molecule has 1 N–H and O–H groups in total. The lowest BCUT2D eigenvalue weighted by molar-refractivity contribution is -0.154. The second-order valence-electron chi connectivity index (χ2n) is 11.6. The van der Waals surface area contributed by atoms with E-state index in [-0.39, 0.29) is 13.0 Å². The maximum Gasteiger partial charge on any atom is 0.416 e. The molecule has 2 unspecified atom stereocenters. The van der Waals surface area contributed by atoms with Gasteiger partial charge >= 0.3 is 12.1 Å². The van der Waals surface area contributed by atoms with E-state index in [0.29, 0.717) is 47.7 Å². The molecule has 0 heterocycles. The molecule has 230 valence electrons. The number of amides is 1. The standard InChI is InChI=1S/C34H37F4NO4/c1-6-7-26(22-12-14-24(15-13-22)32(42)39-19-18-29(40)43-33(3,4)5)30(23-10-8-21(2)9-11-23)31(41)27-20-25(34(36,37)38)16-17-28(27)35/h8-17,20,26,30H,6-7,18-19H2,1-5H3,(H,39,42). The lowest BCUT2D eigenvalue weighted by Gasteiger charge is -2.28. The Morgan fingerprint density at radius 2 is 1.49 bits per heavy atom. The molecule has 0 aliphatic heterocycles. The van der Waals surface area contributed by atoms with E-state index in [1.54, 1.807) is 69.3 Å². The molecule has 3 aromatic carbocycles. The molecule has 3 aromatic rings. The first-order valence-electron chi connectivity index (χ1n) is 14.2. The molecular formula is C34H37F4NO4. The Kier molecular flexibility index (Phi) is 10.9. The summed E-state index contributed by atoms with van der Waals surface area (Å²) in [7, 11) is 0. The zero-order valence-electron chi connectivity index (χ0n) is 25.0. The van der Waals surface area contributed by atoms with Crippen LogP contribution in [-0.4, -0.2) is 29.8 Å². The summed E-state index contributed by atoms with van der Waals surface area (Å²) in [6, 6.07) is 15.5. The molecule has 5 nitrogen and oxygen atoms in total. The Balaban J connectivity index is 1.93. The van der Waals surface area contributed by atoms with E-state index in [2.05, 4.69) is 5.32 Å². The van der Waals surface area contributed by atoms with E-state index >= 15 is 0 Å². The quantitative estimate of drug-likeness (QED) is 0.137. The zero-order chi connectivity index (χ0) is 31.9. The smallest absolute Gasteiger partial charge is 0.416 e. The molecule has 0 saturated heterocycles. The van der Waals surface area contributed by atoms with Gasteiger partial charge in [0.15, 0.2) is 5.78 Å². The van der Waals surface area contributed by atoms with Crippen molar-refractivity contribution >= 4 is 17.7 Å². The number of rotatable bonds is 11. The van der Waals surface area contributed by atoms with Crippen LogP contribution < -0.4 is 5.32 Å². The number of ether oxygens (including phenoxy) is 1. The number of ketones is 1. The summed E-state index contributed by atoms with van der Waals surface area (Å²) in [4.78, 5) is 38.6. The number of carbonyl (C=O) groups excluding carboxylic acids is 3. The van der Waals surface area contributed by atoms with Gasteiger partial charge in [0.1, 0.15) is 11.4 Å². The number of Topliss-reactive ketones (excluding diaryl/α,β-unsaturated/α-hetero) is 1. The topological polar surface area (TPSA) is 72.5 Å². The second kappa shape index (κ2) is 14.0. The summed E-state index contributed by atoms with van der Waals surface area (Å²) in [5, 5.41) is 2.68. The van der Waals surface area contributed by atoms with Gasteiger partial charge in [0.25, 0.3) is 5.91 Å². The van der Waals surface area contributed by atoms with E-state index in [0.717, 1.165) is 5.56 Å². The number of halogens is 4. The van der Waals surface area contributed by atoms with E-state index < -0.39 is 58.2 Å². The highest BCUT2D eigenvalue weighted by Gasteiger charge is 2.36. The summed E-state index contributed by atoms with van der Waals surface area (Å²) >= 11 is 0. The van der Waals surface area contributed by atoms with Crippen LogP contribution in [0.3, 0.4) is 0 Å². The number of carbonyl (C=O) groups is 3. The zero-order valence-corrected chi connectivity index (χ0v) is 25.0. The summed E-state index contributed by atoms with van der Waals surface area (Å²) in [6.45, 7) is 9.13. The molecule has 3 rings (SSSR count). The third kappa shape index (κ3) is 9.24. The summed E-state index contributed by atoms with van der Waals surface area (Å²) in [5.41, 5.74) is 0.126. The minimum atomic E-state index is -4.74. The molecule has 0 spiro atoms. The summed E-state index contributed by atoms with van der Waals surface area (Å²) in [5.74, 6) is -4.11. The Labute approximate surface area is 249 Å². The normalized spacial score (nSPS) is 13.2. The molecule has 0 aliphatic rings. The number of hydrogen-bond acceptors (Lipinski definition) is 4. The highest BCUT2D eigenvalue weighted by molar-refractivity contribution is 6.02. The number of nitrogens with one attached hydrogen (secondary N) is 1. The van der Waals surface area contributed by atoms with Gasteiger partial charge in [-0.15, -0.1) is 0 Å². The predicted octanol–water partition coefficient (Wildman–Crippen LogP) is 8.16. The molecule has 2 atom stereocenters. The lowest BCUT2D eigenvalue weighted by Crippen LogP contribution is -2.29. The van der Waals surface area contributed by atoms with Crippen LogP contribution >= 0.6 is 0 Å². The van der Waals surface area contributed by atoms with Crippen LogP contribution in [0, 0.1) is 12.7 Å². The monoisotopic (exact) mass is 599 g/mol. The van der Waals surface area contributed by atoms with Gasteiger partial charge in [-0.05, 0) is 81.5 Å². The average Bonchev–Trinajstić information content (AvgIpc) is 2.92. The Morgan fingerprint density at radius 1 is 0.884 bits per heavy atom. The van der Waals surface area contributed by atoms with Crippen molar-refractivity contribution in [2.24, 2.45) is 0 Å². The molecule has 9 heteroatoms. The van der Waals surface area contributed by atoms with Crippen molar-refractivity contribution < 1.29 is 36.7 Å². The van der Waals surface area contributed by atoms with Gasteiger partial charge in [-0.1, -0.05) is 55.3 Å². The number of aryl methyl sites for hydroxylation is 1. The SMILES string of the molecule is CCCC(c1ccc(C(=O)NCCC(=O)OC(C)(C)C)cc1)C(C(=O)c1cc(C(F)(F)F)ccc1F)c1ccc(C)cc1. The van der Waals surface area contributed by atoms with E-state index in [9.17, 15) is 31.9 Å².